The van der Waals surface area contributed by atoms with Gasteiger partial charge in [-0.15, -0.1) is 0 Å². The Kier molecular flexibility index (Phi) is 7.28. The molecule has 0 bridgehead atoms. The van der Waals surface area contributed by atoms with Crippen molar-refractivity contribution in [1.82, 2.24) is 4.90 Å². The molecule has 18 heavy (non-hydrogen) atoms. The van der Waals surface area contributed by atoms with Crippen molar-refractivity contribution in [1.29, 1.82) is 0 Å². The molecule has 1 unspecified atom stereocenters. The van der Waals surface area contributed by atoms with E-state index >= 15 is 0 Å². The monoisotopic (exact) mass is 257 g/mol. The summed E-state index contributed by atoms with van der Waals surface area (Å²) in [4.78, 5) is 13.9. The van der Waals surface area contributed by atoms with Crippen LogP contribution >= 0.6 is 0 Å². The van der Waals surface area contributed by atoms with Crippen molar-refractivity contribution >= 4 is 5.97 Å². The van der Waals surface area contributed by atoms with Gasteiger partial charge in [-0.3, -0.25) is 9.69 Å². The topological polar surface area (TPSA) is 38.8 Å². The maximum Gasteiger partial charge on any atom is 0.320 e. The molecule has 0 aromatic heterocycles. The van der Waals surface area contributed by atoms with Crippen molar-refractivity contribution in [2.75, 3.05) is 33.4 Å². The molecule has 0 aromatic carbocycles. The zero-order chi connectivity index (χ0) is 13.4. The van der Waals surface area contributed by atoms with E-state index in [1.165, 1.54) is 12.8 Å². The molecule has 0 N–H and O–H groups in total. The molecule has 1 rings (SSSR count). The van der Waals surface area contributed by atoms with Crippen LogP contribution in [0.5, 0.6) is 0 Å². The summed E-state index contributed by atoms with van der Waals surface area (Å²) in [6.07, 6.45) is 4.58. The Balaban J connectivity index is 2.31. The van der Waals surface area contributed by atoms with Crippen LogP contribution < -0.4 is 0 Å². The standard InChI is InChI=1S/C14H27NO3/c1-4-5-9-18-14(16)11-15(8-10-17-3)12(2)13-6-7-13/h12-13H,4-11H2,1-3H3. The molecule has 0 aromatic rings. The van der Waals surface area contributed by atoms with E-state index in [9.17, 15) is 4.79 Å². The Bertz CT molecular complexity index is 241. The van der Waals surface area contributed by atoms with E-state index in [0.29, 0.717) is 25.8 Å². The van der Waals surface area contributed by atoms with E-state index in [4.69, 9.17) is 9.47 Å². The highest BCUT2D eigenvalue weighted by Crippen LogP contribution is 2.34. The molecule has 1 aliphatic rings. The molecule has 1 saturated carbocycles. The molecule has 0 radical (unpaired) electrons. The lowest BCUT2D eigenvalue weighted by atomic mass is 10.2. The first kappa shape index (κ1) is 15.4. The zero-order valence-corrected chi connectivity index (χ0v) is 12.0. The van der Waals surface area contributed by atoms with Gasteiger partial charge in [0.15, 0.2) is 0 Å². The Hall–Kier alpha value is -0.610. The molecule has 4 heteroatoms. The first-order chi connectivity index (χ1) is 8.69. The summed E-state index contributed by atoms with van der Waals surface area (Å²) in [6, 6.07) is 0.457. The molecule has 106 valence electrons. The third kappa shape index (κ3) is 5.83. The summed E-state index contributed by atoms with van der Waals surface area (Å²) in [5, 5.41) is 0. The van der Waals surface area contributed by atoms with Crippen molar-refractivity contribution in [2.45, 2.75) is 45.6 Å². The van der Waals surface area contributed by atoms with Crippen molar-refractivity contribution in [3.8, 4) is 0 Å². The fourth-order valence-corrected chi connectivity index (χ4v) is 2.05. The number of hydrogen-bond donors (Lipinski definition) is 0. The second kappa shape index (κ2) is 8.48. The lowest BCUT2D eigenvalue weighted by molar-refractivity contribution is -0.145. The molecule has 0 heterocycles. The molecule has 0 amide bonds. The van der Waals surface area contributed by atoms with Crippen LogP contribution in [-0.4, -0.2) is 50.3 Å². The largest absolute Gasteiger partial charge is 0.465 e. The second-order valence-corrected chi connectivity index (χ2v) is 5.12. The average Bonchev–Trinajstić information content (AvgIpc) is 3.18. The molecule has 1 aliphatic carbocycles. The molecule has 0 saturated heterocycles. The van der Waals surface area contributed by atoms with Crippen LogP contribution in [0.1, 0.15) is 39.5 Å². The summed E-state index contributed by atoms with van der Waals surface area (Å²) in [5.74, 6) is 0.650. The third-order valence-corrected chi connectivity index (χ3v) is 3.56. The van der Waals surface area contributed by atoms with Crippen molar-refractivity contribution < 1.29 is 14.3 Å². The minimum absolute atomic E-state index is 0.105. The highest BCUT2D eigenvalue weighted by Gasteiger charge is 2.32. The average molecular weight is 257 g/mol. The number of carbonyl (C=O) groups is 1. The number of methoxy groups -OCH3 is 1. The maximum absolute atomic E-state index is 11.7. The highest BCUT2D eigenvalue weighted by molar-refractivity contribution is 5.71. The van der Waals surface area contributed by atoms with Gasteiger partial charge in [0.25, 0.3) is 0 Å². The Morgan fingerprint density at radius 1 is 1.39 bits per heavy atom. The Morgan fingerprint density at radius 2 is 2.11 bits per heavy atom. The van der Waals surface area contributed by atoms with Gasteiger partial charge in [-0.05, 0) is 32.1 Å². The van der Waals surface area contributed by atoms with Crippen LogP contribution in [0.2, 0.25) is 0 Å². The SMILES string of the molecule is CCCCOC(=O)CN(CCOC)C(C)C1CC1. The lowest BCUT2D eigenvalue weighted by Gasteiger charge is -2.27. The molecule has 1 atom stereocenters. The fourth-order valence-electron chi connectivity index (χ4n) is 2.05. The molecule has 4 nitrogen and oxygen atoms in total. The van der Waals surface area contributed by atoms with Crippen molar-refractivity contribution in [2.24, 2.45) is 5.92 Å². The van der Waals surface area contributed by atoms with Gasteiger partial charge in [-0.2, -0.15) is 0 Å². The minimum atomic E-state index is -0.105. The Labute approximate surface area is 111 Å². The summed E-state index contributed by atoms with van der Waals surface area (Å²) >= 11 is 0. The van der Waals surface area contributed by atoms with E-state index in [0.717, 1.165) is 25.3 Å². The number of carbonyl (C=O) groups excluding carboxylic acids is 1. The van der Waals surface area contributed by atoms with E-state index < -0.39 is 0 Å². The van der Waals surface area contributed by atoms with E-state index in [2.05, 4.69) is 18.7 Å². The summed E-state index contributed by atoms with van der Waals surface area (Å²) in [5.41, 5.74) is 0. The van der Waals surface area contributed by atoms with Gasteiger partial charge in [0.1, 0.15) is 0 Å². The van der Waals surface area contributed by atoms with Crippen LogP contribution in [0.15, 0.2) is 0 Å². The van der Waals surface area contributed by atoms with Gasteiger partial charge in [0, 0.05) is 19.7 Å². The number of esters is 1. The van der Waals surface area contributed by atoms with Gasteiger partial charge in [-0.25, -0.2) is 0 Å². The van der Waals surface area contributed by atoms with Crippen LogP contribution in [0.25, 0.3) is 0 Å². The quantitative estimate of drug-likeness (QED) is 0.444. The van der Waals surface area contributed by atoms with Crippen LogP contribution in [0.4, 0.5) is 0 Å². The number of unbranched alkanes of at least 4 members (excludes halogenated alkanes) is 1. The molecular formula is C14H27NO3. The first-order valence-corrected chi connectivity index (χ1v) is 7.07. The lowest BCUT2D eigenvalue weighted by Crippen LogP contribution is -2.41. The maximum atomic E-state index is 11.7. The number of rotatable bonds is 10. The van der Waals surface area contributed by atoms with Crippen LogP contribution in [-0.2, 0) is 14.3 Å². The number of nitrogens with zero attached hydrogens (tertiary/aromatic N) is 1. The van der Waals surface area contributed by atoms with E-state index in [-0.39, 0.29) is 5.97 Å². The number of ether oxygens (including phenoxy) is 2. The first-order valence-electron chi connectivity index (χ1n) is 7.07. The second-order valence-electron chi connectivity index (χ2n) is 5.12. The molecule has 0 spiro atoms. The normalized spacial score (nSPS) is 16.9. The molecule has 0 aliphatic heterocycles. The molecular weight excluding hydrogens is 230 g/mol. The van der Waals surface area contributed by atoms with Gasteiger partial charge in [-0.1, -0.05) is 13.3 Å². The fraction of sp³-hybridized carbons (Fsp3) is 0.929. The predicted molar refractivity (Wildman–Crippen MR) is 71.5 cm³/mol. The van der Waals surface area contributed by atoms with Gasteiger partial charge < -0.3 is 9.47 Å². The van der Waals surface area contributed by atoms with Gasteiger partial charge in [0.2, 0.25) is 0 Å². The van der Waals surface area contributed by atoms with Crippen molar-refractivity contribution in [3.05, 3.63) is 0 Å². The summed E-state index contributed by atoms with van der Waals surface area (Å²) in [6.45, 7) is 6.70. The Morgan fingerprint density at radius 3 is 2.67 bits per heavy atom. The summed E-state index contributed by atoms with van der Waals surface area (Å²) in [7, 11) is 1.69. The smallest absolute Gasteiger partial charge is 0.320 e. The predicted octanol–water partition coefficient (Wildman–Crippen LogP) is 2.08. The van der Waals surface area contributed by atoms with Gasteiger partial charge >= 0.3 is 5.97 Å². The minimum Gasteiger partial charge on any atom is -0.465 e. The van der Waals surface area contributed by atoms with E-state index in [1.54, 1.807) is 7.11 Å². The zero-order valence-electron chi connectivity index (χ0n) is 12.0. The van der Waals surface area contributed by atoms with E-state index in [1.807, 2.05) is 0 Å². The number of hydrogen-bond acceptors (Lipinski definition) is 4. The third-order valence-electron chi connectivity index (χ3n) is 3.56. The van der Waals surface area contributed by atoms with Crippen LogP contribution in [0.3, 0.4) is 0 Å². The summed E-state index contributed by atoms with van der Waals surface area (Å²) < 4.78 is 10.3. The highest BCUT2D eigenvalue weighted by atomic mass is 16.5. The van der Waals surface area contributed by atoms with Crippen LogP contribution in [0, 0.1) is 5.92 Å². The molecule has 1 fully saturated rings. The van der Waals surface area contributed by atoms with Gasteiger partial charge in [0.05, 0.1) is 19.8 Å². The van der Waals surface area contributed by atoms with Crippen molar-refractivity contribution in [3.63, 3.8) is 0 Å².